The van der Waals surface area contributed by atoms with E-state index in [9.17, 15) is 10.2 Å². The third-order valence-corrected chi connectivity index (χ3v) is 3.54. The summed E-state index contributed by atoms with van der Waals surface area (Å²) in [4.78, 5) is 0. The number of hydrogen-bond acceptors (Lipinski definition) is 3. The Kier molecular flexibility index (Phi) is 4.99. The molecule has 3 N–H and O–H groups in total. The zero-order chi connectivity index (χ0) is 15.3. The van der Waals surface area contributed by atoms with Gasteiger partial charge in [0.15, 0.2) is 0 Å². The fourth-order valence-corrected chi connectivity index (χ4v) is 2.36. The zero-order valence-corrected chi connectivity index (χ0v) is 12.6. The highest BCUT2D eigenvalue weighted by Crippen LogP contribution is 2.18. The molecule has 2 rings (SSSR count). The van der Waals surface area contributed by atoms with E-state index in [2.05, 4.69) is 31.3 Å². The summed E-state index contributed by atoms with van der Waals surface area (Å²) in [7, 11) is 0. The average Bonchev–Trinajstić information content (AvgIpc) is 2.46. The predicted octanol–water partition coefficient (Wildman–Crippen LogP) is 3.04. The minimum absolute atomic E-state index is 0.0980. The second-order valence-electron chi connectivity index (χ2n) is 6.03. The standard InChI is InChI=1S/C18H23NO2/c1-18(2,12-14-6-4-3-5-7-14)19-13-17(21)15-8-10-16(20)11-9-15/h3-11,17,19-21H,12-13H2,1-2H3. The van der Waals surface area contributed by atoms with E-state index in [0.29, 0.717) is 6.54 Å². The van der Waals surface area contributed by atoms with Crippen molar-refractivity contribution >= 4 is 0 Å². The Bertz CT molecular complexity index is 549. The maximum Gasteiger partial charge on any atom is 0.115 e. The third-order valence-electron chi connectivity index (χ3n) is 3.54. The first-order valence-corrected chi connectivity index (χ1v) is 7.22. The van der Waals surface area contributed by atoms with Gasteiger partial charge in [0.2, 0.25) is 0 Å². The SMILES string of the molecule is CC(C)(Cc1ccccc1)NCC(O)c1ccc(O)cc1. The van der Waals surface area contributed by atoms with Gasteiger partial charge in [0, 0.05) is 12.1 Å². The quantitative estimate of drug-likeness (QED) is 0.764. The molecule has 0 aliphatic carbocycles. The number of aliphatic hydroxyl groups excluding tert-OH is 1. The molecule has 0 bridgehead atoms. The van der Waals surface area contributed by atoms with Gasteiger partial charge in [-0.2, -0.15) is 0 Å². The molecule has 0 radical (unpaired) electrons. The van der Waals surface area contributed by atoms with E-state index >= 15 is 0 Å². The van der Waals surface area contributed by atoms with E-state index in [1.165, 1.54) is 5.56 Å². The van der Waals surface area contributed by atoms with Gasteiger partial charge < -0.3 is 15.5 Å². The van der Waals surface area contributed by atoms with Gasteiger partial charge in [0.1, 0.15) is 5.75 Å². The molecule has 3 heteroatoms. The Morgan fingerprint density at radius 3 is 2.24 bits per heavy atom. The average molecular weight is 285 g/mol. The number of β-amino-alcohol motifs (C(OH)–C–C–N with tert-alkyl or cyclic N) is 1. The zero-order valence-electron chi connectivity index (χ0n) is 12.6. The second-order valence-corrected chi connectivity index (χ2v) is 6.03. The molecule has 1 unspecified atom stereocenters. The van der Waals surface area contributed by atoms with Gasteiger partial charge in [-0.3, -0.25) is 0 Å². The van der Waals surface area contributed by atoms with Gasteiger partial charge in [-0.25, -0.2) is 0 Å². The Hall–Kier alpha value is -1.84. The van der Waals surface area contributed by atoms with Crippen LogP contribution in [0.2, 0.25) is 0 Å². The van der Waals surface area contributed by atoms with Crippen LogP contribution in [0.5, 0.6) is 5.75 Å². The van der Waals surface area contributed by atoms with Crippen LogP contribution in [0.15, 0.2) is 54.6 Å². The van der Waals surface area contributed by atoms with Crippen LogP contribution >= 0.6 is 0 Å². The van der Waals surface area contributed by atoms with Crippen LogP contribution in [0, 0.1) is 0 Å². The number of phenolic OH excluding ortho intramolecular Hbond substituents is 1. The lowest BCUT2D eigenvalue weighted by atomic mass is 9.94. The molecule has 0 heterocycles. The van der Waals surface area contributed by atoms with Crippen molar-refractivity contribution in [1.82, 2.24) is 5.32 Å². The molecule has 0 saturated heterocycles. The van der Waals surface area contributed by atoms with Crippen molar-refractivity contribution in [2.45, 2.75) is 31.9 Å². The number of phenols is 1. The topological polar surface area (TPSA) is 52.5 Å². The monoisotopic (exact) mass is 285 g/mol. The number of aromatic hydroxyl groups is 1. The lowest BCUT2D eigenvalue weighted by Crippen LogP contribution is -2.43. The molecule has 0 aliphatic heterocycles. The Labute approximate surface area is 126 Å². The first kappa shape index (κ1) is 15.5. The molecule has 3 nitrogen and oxygen atoms in total. The minimum Gasteiger partial charge on any atom is -0.508 e. The van der Waals surface area contributed by atoms with Crippen LogP contribution in [0.4, 0.5) is 0 Å². The molecule has 0 spiro atoms. The molecule has 0 saturated carbocycles. The lowest BCUT2D eigenvalue weighted by molar-refractivity contribution is 0.160. The van der Waals surface area contributed by atoms with E-state index in [0.717, 1.165) is 12.0 Å². The lowest BCUT2D eigenvalue weighted by Gasteiger charge is -2.28. The molecular formula is C18H23NO2. The van der Waals surface area contributed by atoms with Crippen LogP contribution in [-0.4, -0.2) is 22.3 Å². The summed E-state index contributed by atoms with van der Waals surface area (Å²) in [5, 5.41) is 22.9. The van der Waals surface area contributed by atoms with Crippen LogP contribution in [0.3, 0.4) is 0 Å². The summed E-state index contributed by atoms with van der Waals surface area (Å²) in [6.45, 7) is 4.73. The highest BCUT2D eigenvalue weighted by molar-refractivity contribution is 5.27. The second kappa shape index (κ2) is 6.74. The number of rotatable bonds is 6. The smallest absolute Gasteiger partial charge is 0.115 e. The van der Waals surface area contributed by atoms with Crippen molar-refractivity contribution in [3.05, 3.63) is 65.7 Å². The summed E-state index contributed by atoms with van der Waals surface area (Å²) in [5.74, 6) is 0.211. The van der Waals surface area contributed by atoms with Crippen LogP contribution < -0.4 is 5.32 Å². The van der Waals surface area contributed by atoms with Crippen molar-refractivity contribution in [3.8, 4) is 5.75 Å². The highest BCUT2D eigenvalue weighted by Gasteiger charge is 2.19. The van der Waals surface area contributed by atoms with E-state index in [-0.39, 0.29) is 11.3 Å². The maximum atomic E-state index is 10.2. The predicted molar refractivity (Wildman–Crippen MR) is 85.3 cm³/mol. The maximum absolute atomic E-state index is 10.2. The van der Waals surface area contributed by atoms with E-state index in [4.69, 9.17) is 0 Å². The van der Waals surface area contributed by atoms with Gasteiger partial charge in [-0.15, -0.1) is 0 Å². The van der Waals surface area contributed by atoms with Crippen molar-refractivity contribution in [2.24, 2.45) is 0 Å². The summed E-state index contributed by atoms with van der Waals surface area (Å²) >= 11 is 0. The molecule has 2 aromatic rings. The van der Waals surface area contributed by atoms with Gasteiger partial charge in [-0.1, -0.05) is 42.5 Å². The van der Waals surface area contributed by atoms with Crippen molar-refractivity contribution in [1.29, 1.82) is 0 Å². The van der Waals surface area contributed by atoms with Crippen molar-refractivity contribution < 1.29 is 10.2 Å². The summed E-state index contributed by atoms with van der Waals surface area (Å²) in [6, 6.07) is 17.0. The number of benzene rings is 2. The summed E-state index contributed by atoms with van der Waals surface area (Å²) < 4.78 is 0. The first-order chi connectivity index (χ1) is 9.96. The number of nitrogens with one attached hydrogen (secondary N) is 1. The van der Waals surface area contributed by atoms with E-state index in [1.54, 1.807) is 24.3 Å². The van der Waals surface area contributed by atoms with Crippen molar-refractivity contribution in [3.63, 3.8) is 0 Å². The first-order valence-electron chi connectivity index (χ1n) is 7.22. The molecule has 112 valence electrons. The molecule has 0 aliphatic rings. The van der Waals surface area contributed by atoms with Crippen LogP contribution in [0.1, 0.15) is 31.1 Å². The molecular weight excluding hydrogens is 262 g/mol. The largest absolute Gasteiger partial charge is 0.508 e. The molecule has 0 amide bonds. The van der Waals surface area contributed by atoms with E-state index < -0.39 is 6.10 Å². The van der Waals surface area contributed by atoms with Gasteiger partial charge in [0.25, 0.3) is 0 Å². The third kappa shape index (κ3) is 4.88. The molecule has 21 heavy (non-hydrogen) atoms. The number of aliphatic hydroxyl groups is 1. The summed E-state index contributed by atoms with van der Waals surface area (Å²) in [6.07, 6.45) is 0.316. The Morgan fingerprint density at radius 1 is 1.00 bits per heavy atom. The van der Waals surface area contributed by atoms with Crippen LogP contribution in [0.25, 0.3) is 0 Å². The number of hydrogen-bond donors (Lipinski definition) is 3. The Balaban J connectivity index is 1.90. The highest BCUT2D eigenvalue weighted by atomic mass is 16.3. The molecule has 0 fully saturated rings. The molecule has 2 aromatic carbocycles. The summed E-state index contributed by atoms with van der Waals surface area (Å²) in [5.41, 5.74) is 1.98. The molecule has 0 aromatic heterocycles. The normalized spacial score (nSPS) is 13.1. The fraction of sp³-hybridized carbons (Fsp3) is 0.333. The minimum atomic E-state index is -0.583. The van der Waals surface area contributed by atoms with E-state index in [1.807, 2.05) is 18.2 Å². The van der Waals surface area contributed by atoms with Gasteiger partial charge in [0.05, 0.1) is 6.10 Å². The molecule has 1 atom stereocenters. The van der Waals surface area contributed by atoms with Crippen molar-refractivity contribution in [2.75, 3.05) is 6.54 Å². The Morgan fingerprint density at radius 2 is 1.62 bits per heavy atom. The van der Waals surface area contributed by atoms with Gasteiger partial charge >= 0.3 is 0 Å². The van der Waals surface area contributed by atoms with Gasteiger partial charge in [-0.05, 0) is 43.5 Å². The fourth-order valence-electron chi connectivity index (χ4n) is 2.36. The van der Waals surface area contributed by atoms with Crippen LogP contribution in [-0.2, 0) is 6.42 Å².